The zero-order valence-electron chi connectivity index (χ0n) is 5.02. The summed E-state index contributed by atoms with van der Waals surface area (Å²) in [6.45, 7) is 0. The maximum atomic E-state index is 10.1. The van der Waals surface area contributed by atoms with Crippen molar-refractivity contribution in [3.8, 4) is 0 Å². The van der Waals surface area contributed by atoms with Crippen molar-refractivity contribution in [1.82, 2.24) is 0 Å². The van der Waals surface area contributed by atoms with E-state index in [1.54, 1.807) is 0 Å². The topological polar surface area (TPSA) is 37.3 Å². The molecule has 0 bridgehead atoms. The van der Waals surface area contributed by atoms with Gasteiger partial charge in [-0.1, -0.05) is 34.8 Å². The molecule has 0 spiro atoms. The summed E-state index contributed by atoms with van der Waals surface area (Å²) in [6.07, 6.45) is 0.754. The second-order valence-electron chi connectivity index (χ2n) is 1.74. The molecule has 0 amide bonds. The Morgan fingerprint density at radius 2 is 1.90 bits per heavy atom. The highest BCUT2D eigenvalue weighted by Crippen LogP contribution is 2.31. The van der Waals surface area contributed by atoms with Gasteiger partial charge in [0.05, 0.1) is 0 Å². The molecule has 0 saturated heterocycles. The van der Waals surface area contributed by atoms with Crippen LogP contribution >= 0.6 is 34.8 Å². The van der Waals surface area contributed by atoms with Crippen molar-refractivity contribution in [2.45, 2.75) is 16.6 Å². The molecule has 10 heavy (non-hydrogen) atoms. The van der Waals surface area contributed by atoms with Crippen molar-refractivity contribution in [2.75, 3.05) is 5.75 Å². The normalized spacial score (nSPS) is 15.2. The first-order chi connectivity index (χ1) is 4.42. The lowest BCUT2D eigenvalue weighted by atomic mass is 10.4. The van der Waals surface area contributed by atoms with Crippen molar-refractivity contribution in [1.29, 1.82) is 0 Å². The Morgan fingerprint density at radius 3 is 2.20 bits per heavy atom. The van der Waals surface area contributed by atoms with E-state index in [-0.39, 0.29) is 5.75 Å². The first-order valence-electron chi connectivity index (χ1n) is 2.56. The lowest BCUT2D eigenvalue weighted by Gasteiger charge is -2.07. The van der Waals surface area contributed by atoms with Gasteiger partial charge in [0.1, 0.15) is 0 Å². The van der Waals surface area contributed by atoms with E-state index in [0.29, 0.717) is 12.8 Å². The summed E-state index contributed by atoms with van der Waals surface area (Å²) in [4.78, 5) is 0. The Bertz CT molecular complexity index is 122. The van der Waals surface area contributed by atoms with Gasteiger partial charge in [0.2, 0.25) is 0 Å². The molecule has 0 heterocycles. The van der Waals surface area contributed by atoms with Gasteiger partial charge >= 0.3 is 0 Å². The van der Waals surface area contributed by atoms with E-state index in [0.717, 1.165) is 0 Å². The van der Waals surface area contributed by atoms with Gasteiger partial charge in [-0.3, -0.25) is 0 Å². The maximum absolute atomic E-state index is 10.1. The van der Waals surface area contributed by atoms with Crippen LogP contribution in [0.4, 0.5) is 0 Å². The van der Waals surface area contributed by atoms with Crippen LogP contribution in [0.25, 0.3) is 0 Å². The van der Waals surface area contributed by atoms with Crippen LogP contribution in [0.15, 0.2) is 0 Å². The van der Waals surface area contributed by atoms with Crippen LogP contribution in [0.1, 0.15) is 12.8 Å². The zero-order chi connectivity index (χ0) is 8.20. The SMILES string of the molecule is O=S(O)CCCC(Cl)(Cl)Cl. The highest BCUT2D eigenvalue weighted by atomic mass is 35.6. The van der Waals surface area contributed by atoms with E-state index >= 15 is 0 Å². The van der Waals surface area contributed by atoms with Crippen molar-refractivity contribution in [3.05, 3.63) is 0 Å². The highest BCUT2D eigenvalue weighted by molar-refractivity contribution is 7.79. The average Bonchev–Trinajstić information content (AvgIpc) is 1.59. The fraction of sp³-hybridized carbons (Fsp3) is 1.00. The first-order valence-corrected chi connectivity index (χ1v) is 4.97. The van der Waals surface area contributed by atoms with Crippen molar-refractivity contribution in [3.63, 3.8) is 0 Å². The fourth-order valence-corrected chi connectivity index (χ4v) is 1.19. The molecular weight excluding hydrogens is 218 g/mol. The summed E-state index contributed by atoms with van der Waals surface area (Å²) in [6, 6.07) is 0. The molecule has 0 aliphatic rings. The number of alkyl halides is 3. The van der Waals surface area contributed by atoms with Gasteiger partial charge in [0, 0.05) is 5.75 Å². The zero-order valence-corrected chi connectivity index (χ0v) is 8.10. The van der Waals surface area contributed by atoms with Crippen LogP contribution in [0.5, 0.6) is 0 Å². The molecule has 0 fully saturated rings. The summed E-state index contributed by atoms with van der Waals surface area (Å²) in [5, 5.41) is 0. The number of halogens is 3. The van der Waals surface area contributed by atoms with Gasteiger partial charge in [-0.25, -0.2) is 4.21 Å². The number of hydrogen-bond donors (Lipinski definition) is 1. The van der Waals surface area contributed by atoms with Gasteiger partial charge in [-0.15, -0.1) is 0 Å². The standard InChI is InChI=1S/C4H7Cl3O2S/c5-4(6,7)2-1-3-10(8)9/h1-3H2,(H,8,9). The molecule has 0 aromatic carbocycles. The molecule has 0 saturated carbocycles. The van der Waals surface area contributed by atoms with Crippen LogP contribution < -0.4 is 0 Å². The Balaban J connectivity index is 3.29. The third-order valence-corrected chi connectivity index (χ3v) is 1.98. The summed E-state index contributed by atoms with van der Waals surface area (Å²) in [7, 11) is 0. The van der Waals surface area contributed by atoms with E-state index in [2.05, 4.69) is 0 Å². The van der Waals surface area contributed by atoms with Crippen LogP contribution in [0, 0.1) is 0 Å². The summed E-state index contributed by atoms with van der Waals surface area (Å²) < 4.78 is 17.1. The average molecular weight is 226 g/mol. The van der Waals surface area contributed by atoms with Crippen molar-refractivity contribution < 1.29 is 8.76 Å². The molecule has 0 aromatic rings. The molecule has 62 valence electrons. The predicted molar refractivity (Wildman–Crippen MR) is 45.2 cm³/mol. The van der Waals surface area contributed by atoms with Gasteiger partial charge in [-0.05, 0) is 12.8 Å². The monoisotopic (exact) mass is 224 g/mol. The van der Waals surface area contributed by atoms with Gasteiger partial charge in [0.15, 0.2) is 14.9 Å². The largest absolute Gasteiger partial charge is 0.306 e. The van der Waals surface area contributed by atoms with Crippen LogP contribution in [-0.4, -0.2) is 18.3 Å². The number of hydrogen-bond acceptors (Lipinski definition) is 1. The lowest BCUT2D eigenvalue weighted by molar-refractivity contribution is 0.560. The molecular formula is C4H7Cl3O2S. The first kappa shape index (κ1) is 11.0. The Labute approximate surface area is 77.1 Å². The Morgan fingerprint density at radius 1 is 1.40 bits per heavy atom. The molecule has 0 aliphatic heterocycles. The molecule has 0 aliphatic carbocycles. The Hall–Kier alpha value is 0.980. The lowest BCUT2D eigenvalue weighted by Crippen LogP contribution is -2.04. The third-order valence-electron chi connectivity index (χ3n) is 0.779. The van der Waals surface area contributed by atoms with E-state index in [1.807, 2.05) is 0 Å². The molecule has 0 radical (unpaired) electrons. The van der Waals surface area contributed by atoms with Crippen LogP contribution in [-0.2, 0) is 11.1 Å². The molecule has 2 nitrogen and oxygen atoms in total. The van der Waals surface area contributed by atoms with Gasteiger partial charge in [0.25, 0.3) is 0 Å². The quantitative estimate of drug-likeness (QED) is 0.591. The minimum Gasteiger partial charge on any atom is -0.306 e. The molecule has 0 rings (SSSR count). The van der Waals surface area contributed by atoms with E-state index in [9.17, 15) is 4.21 Å². The molecule has 1 unspecified atom stereocenters. The second-order valence-corrected chi connectivity index (χ2v) is 5.31. The molecule has 0 aromatic heterocycles. The third kappa shape index (κ3) is 8.98. The maximum Gasteiger partial charge on any atom is 0.190 e. The highest BCUT2D eigenvalue weighted by Gasteiger charge is 2.18. The van der Waals surface area contributed by atoms with Crippen molar-refractivity contribution in [2.24, 2.45) is 0 Å². The fourth-order valence-electron chi connectivity index (χ4n) is 0.396. The summed E-state index contributed by atoms with van der Waals surface area (Å²) >= 11 is 14.3. The minimum atomic E-state index is -1.78. The summed E-state index contributed by atoms with van der Waals surface area (Å²) in [5.74, 6) is 0.161. The number of rotatable bonds is 3. The smallest absolute Gasteiger partial charge is 0.190 e. The Kier molecular flexibility index (Phi) is 5.24. The second kappa shape index (κ2) is 4.78. The molecule has 1 atom stereocenters. The molecule has 1 N–H and O–H groups in total. The van der Waals surface area contributed by atoms with Crippen LogP contribution in [0.3, 0.4) is 0 Å². The minimum absolute atomic E-state index is 0.161. The van der Waals surface area contributed by atoms with E-state index in [4.69, 9.17) is 39.4 Å². The molecule has 6 heteroatoms. The van der Waals surface area contributed by atoms with Gasteiger partial charge in [-0.2, -0.15) is 0 Å². The van der Waals surface area contributed by atoms with E-state index in [1.165, 1.54) is 0 Å². The summed E-state index contributed by atoms with van der Waals surface area (Å²) in [5.41, 5.74) is 0. The van der Waals surface area contributed by atoms with Gasteiger partial charge < -0.3 is 4.55 Å². The van der Waals surface area contributed by atoms with Crippen molar-refractivity contribution >= 4 is 45.9 Å². The predicted octanol–water partition coefficient (Wildman–Crippen LogP) is 2.36. The van der Waals surface area contributed by atoms with Crippen LogP contribution in [0.2, 0.25) is 0 Å². The van der Waals surface area contributed by atoms with E-state index < -0.39 is 14.9 Å².